The number of esters is 1. The Bertz CT molecular complexity index is 948. The molecule has 3 aromatic rings. The molecule has 1 atom stereocenters. The van der Waals surface area contributed by atoms with Crippen LogP contribution in [0.15, 0.2) is 40.2 Å². The first-order valence-electron chi connectivity index (χ1n) is 9.98. The third-order valence-electron chi connectivity index (χ3n) is 5.71. The molecule has 0 aliphatic carbocycles. The highest BCUT2D eigenvalue weighted by Crippen LogP contribution is 2.33. The van der Waals surface area contributed by atoms with Crippen LogP contribution in [0, 0.1) is 11.7 Å². The minimum Gasteiger partial charge on any atom is -0.469 e. The first-order chi connectivity index (χ1) is 14.1. The Kier molecular flexibility index (Phi) is 6.25. The van der Waals surface area contributed by atoms with E-state index in [1.807, 2.05) is 0 Å². The van der Waals surface area contributed by atoms with Crippen molar-refractivity contribution in [2.24, 2.45) is 5.92 Å². The predicted octanol–water partition coefficient (Wildman–Crippen LogP) is 4.63. The zero-order chi connectivity index (χ0) is 20.2. The zero-order valence-electron chi connectivity index (χ0n) is 16.5. The molecule has 1 aliphatic heterocycles. The van der Waals surface area contributed by atoms with Crippen LogP contribution in [0.2, 0.25) is 0 Å². The Labute approximate surface area is 173 Å². The second-order valence-electron chi connectivity index (χ2n) is 7.71. The lowest BCUT2D eigenvalue weighted by Crippen LogP contribution is -2.37. The molecular weight excluding hydrogens is 391 g/mol. The van der Waals surface area contributed by atoms with Crippen LogP contribution in [-0.4, -0.2) is 42.8 Å². The van der Waals surface area contributed by atoms with Crippen LogP contribution in [0.4, 0.5) is 4.39 Å². The minimum absolute atomic E-state index is 0.150. The minimum atomic E-state index is -0.308. The molecule has 2 aromatic heterocycles. The third-order valence-corrected chi connectivity index (χ3v) is 6.60. The maximum Gasteiger partial charge on any atom is 0.305 e. The smallest absolute Gasteiger partial charge is 0.305 e. The van der Waals surface area contributed by atoms with Crippen molar-refractivity contribution in [1.82, 2.24) is 10.1 Å². The number of methoxy groups -OCH3 is 1. The van der Waals surface area contributed by atoms with Crippen LogP contribution >= 0.6 is 11.3 Å². The van der Waals surface area contributed by atoms with Gasteiger partial charge >= 0.3 is 5.97 Å². The number of ether oxygens (including phenoxy) is 1. The van der Waals surface area contributed by atoms with Gasteiger partial charge in [0.25, 0.3) is 0 Å². The van der Waals surface area contributed by atoms with Crippen molar-refractivity contribution in [3.8, 4) is 0 Å². The average Bonchev–Trinajstić information content (AvgIpc) is 3.38. The summed E-state index contributed by atoms with van der Waals surface area (Å²) in [4.78, 5) is 15.6. The van der Waals surface area contributed by atoms with E-state index in [1.54, 1.807) is 17.4 Å². The van der Waals surface area contributed by atoms with Crippen molar-refractivity contribution in [2.75, 3.05) is 26.7 Å². The Balaban J connectivity index is 1.37. The number of rotatable bonds is 7. The molecule has 1 aromatic carbocycles. The summed E-state index contributed by atoms with van der Waals surface area (Å²) >= 11 is 1.73. The second kappa shape index (κ2) is 9.05. The van der Waals surface area contributed by atoms with E-state index >= 15 is 0 Å². The maximum atomic E-state index is 13.4. The maximum absolute atomic E-state index is 13.4. The Hall–Kier alpha value is -2.25. The summed E-state index contributed by atoms with van der Waals surface area (Å²) in [6.07, 6.45) is 3.28. The van der Waals surface area contributed by atoms with Crippen LogP contribution in [0.1, 0.15) is 35.8 Å². The van der Waals surface area contributed by atoms with E-state index < -0.39 is 0 Å². The number of aromatic nitrogens is 1. The Morgan fingerprint density at radius 2 is 2.21 bits per heavy atom. The highest BCUT2D eigenvalue weighted by Gasteiger charge is 2.27. The van der Waals surface area contributed by atoms with Gasteiger partial charge < -0.3 is 14.2 Å². The highest BCUT2D eigenvalue weighted by atomic mass is 32.1. The van der Waals surface area contributed by atoms with Gasteiger partial charge in [-0.05, 0) is 61.8 Å². The molecule has 0 amide bonds. The second-order valence-corrected chi connectivity index (χ2v) is 8.75. The lowest BCUT2D eigenvalue weighted by atomic mass is 9.90. The van der Waals surface area contributed by atoms with Crippen molar-refractivity contribution in [1.29, 1.82) is 0 Å². The first-order valence-corrected chi connectivity index (χ1v) is 10.9. The van der Waals surface area contributed by atoms with Gasteiger partial charge in [0.15, 0.2) is 5.58 Å². The molecule has 3 heterocycles. The van der Waals surface area contributed by atoms with Crippen molar-refractivity contribution < 1.29 is 18.4 Å². The lowest BCUT2D eigenvalue weighted by Gasteiger charge is -2.33. The van der Waals surface area contributed by atoms with Crippen molar-refractivity contribution in [3.63, 3.8) is 0 Å². The molecule has 0 unspecified atom stereocenters. The van der Waals surface area contributed by atoms with Crippen LogP contribution in [0.5, 0.6) is 0 Å². The number of piperidine rings is 1. The molecular formula is C22H25FN2O3S. The van der Waals surface area contributed by atoms with Gasteiger partial charge in [-0.15, -0.1) is 11.3 Å². The van der Waals surface area contributed by atoms with Crippen molar-refractivity contribution in [3.05, 3.63) is 52.1 Å². The number of hydrogen-bond acceptors (Lipinski definition) is 6. The summed E-state index contributed by atoms with van der Waals surface area (Å²) < 4.78 is 23.6. The number of benzene rings is 1. The van der Waals surface area contributed by atoms with Gasteiger partial charge in [-0.3, -0.25) is 4.79 Å². The van der Waals surface area contributed by atoms with Gasteiger partial charge in [0, 0.05) is 35.2 Å². The first kappa shape index (κ1) is 20.0. The molecule has 0 radical (unpaired) electrons. The molecule has 154 valence electrons. The number of likely N-dealkylation sites (tertiary alicyclic amines) is 1. The SMILES string of the molecule is COC(=O)C[C@@H](Cc1cccs1)CN1CCC(c2noc3cc(F)ccc23)CC1. The summed E-state index contributed by atoms with van der Waals surface area (Å²) in [6.45, 7) is 2.77. The quantitative estimate of drug-likeness (QED) is 0.526. The molecule has 0 spiro atoms. The summed E-state index contributed by atoms with van der Waals surface area (Å²) in [7, 11) is 1.45. The monoisotopic (exact) mass is 416 g/mol. The molecule has 1 aliphatic rings. The van der Waals surface area contributed by atoms with Gasteiger partial charge in [-0.2, -0.15) is 0 Å². The van der Waals surface area contributed by atoms with Gasteiger partial charge in [0.1, 0.15) is 5.82 Å². The standard InChI is InChI=1S/C22H25FN2O3S/c1-27-21(26)12-15(11-18-3-2-10-29-18)14-25-8-6-16(7-9-25)22-19-5-4-17(23)13-20(19)28-24-22/h2-5,10,13,15-16H,6-9,11-12,14H2,1H3/t15-/m1/s1. The molecule has 29 heavy (non-hydrogen) atoms. The van der Waals surface area contributed by atoms with Crippen LogP contribution in [0.3, 0.4) is 0 Å². The fraction of sp³-hybridized carbons (Fsp3) is 0.455. The van der Waals surface area contributed by atoms with E-state index in [0.717, 1.165) is 50.0 Å². The molecule has 1 fully saturated rings. The van der Waals surface area contributed by atoms with E-state index in [1.165, 1.54) is 24.1 Å². The summed E-state index contributed by atoms with van der Waals surface area (Å²) in [5.74, 6) is 0.1000. The molecule has 0 N–H and O–H groups in total. The highest BCUT2D eigenvalue weighted by molar-refractivity contribution is 7.09. The fourth-order valence-electron chi connectivity index (χ4n) is 4.21. The van der Waals surface area contributed by atoms with E-state index in [2.05, 4.69) is 27.6 Å². The summed E-state index contributed by atoms with van der Waals surface area (Å²) in [5.41, 5.74) is 1.45. The van der Waals surface area contributed by atoms with Crippen molar-refractivity contribution in [2.45, 2.75) is 31.6 Å². The largest absolute Gasteiger partial charge is 0.469 e. The molecule has 4 rings (SSSR count). The van der Waals surface area contributed by atoms with E-state index in [0.29, 0.717) is 17.9 Å². The van der Waals surface area contributed by atoms with Gasteiger partial charge in [0.05, 0.1) is 12.8 Å². The van der Waals surface area contributed by atoms with E-state index in [4.69, 9.17) is 9.26 Å². The number of fused-ring (bicyclic) bond motifs is 1. The summed E-state index contributed by atoms with van der Waals surface area (Å²) in [5, 5.41) is 7.21. The molecule has 1 saturated heterocycles. The number of carbonyl (C=O) groups is 1. The molecule has 0 saturated carbocycles. The Morgan fingerprint density at radius 1 is 1.38 bits per heavy atom. The number of hydrogen-bond donors (Lipinski definition) is 0. The van der Waals surface area contributed by atoms with Crippen molar-refractivity contribution >= 4 is 28.3 Å². The normalized spacial score (nSPS) is 16.9. The number of thiophene rings is 1. The van der Waals surface area contributed by atoms with Gasteiger partial charge in [-0.25, -0.2) is 4.39 Å². The van der Waals surface area contributed by atoms with Gasteiger partial charge in [0.2, 0.25) is 0 Å². The van der Waals surface area contributed by atoms with E-state index in [-0.39, 0.29) is 17.7 Å². The van der Waals surface area contributed by atoms with E-state index in [9.17, 15) is 9.18 Å². The van der Waals surface area contributed by atoms with Crippen LogP contribution < -0.4 is 0 Å². The lowest BCUT2D eigenvalue weighted by molar-refractivity contribution is -0.141. The molecule has 5 nitrogen and oxygen atoms in total. The molecule has 0 bridgehead atoms. The third kappa shape index (κ3) is 4.85. The fourth-order valence-corrected chi connectivity index (χ4v) is 5.03. The average molecular weight is 417 g/mol. The topological polar surface area (TPSA) is 55.6 Å². The predicted molar refractivity (Wildman–Crippen MR) is 111 cm³/mol. The number of nitrogens with zero attached hydrogens (tertiary/aromatic N) is 2. The van der Waals surface area contributed by atoms with Crippen LogP contribution in [-0.2, 0) is 16.0 Å². The number of carbonyl (C=O) groups excluding carboxylic acids is 1. The van der Waals surface area contributed by atoms with Crippen LogP contribution in [0.25, 0.3) is 11.0 Å². The van der Waals surface area contributed by atoms with Gasteiger partial charge in [-0.1, -0.05) is 11.2 Å². The number of halogens is 1. The summed E-state index contributed by atoms with van der Waals surface area (Å²) in [6, 6.07) is 8.79. The Morgan fingerprint density at radius 3 is 2.93 bits per heavy atom. The zero-order valence-corrected chi connectivity index (χ0v) is 17.3. The molecule has 7 heteroatoms.